The van der Waals surface area contributed by atoms with Crippen LogP contribution in [0.25, 0.3) is 10.8 Å². The summed E-state index contributed by atoms with van der Waals surface area (Å²) in [6, 6.07) is 12.8. The van der Waals surface area contributed by atoms with Crippen molar-refractivity contribution in [1.29, 1.82) is 5.26 Å². The first-order valence-electron chi connectivity index (χ1n) is 7.37. The highest BCUT2D eigenvalue weighted by Crippen LogP contribution is 2.26. The van der Waals surface area contributed by atoms with Gasteiger partial charge in [-0.3, -0.25) is 4.90 Å². The van der Waals surface area contributed by atoms with Crippen molar-refractivity contribution >= 4 is 16.6 Å². The van der Waals surface area contributed by atoms with Crippen molar-refractivity contribution in [3.05, 3.63) is 36.5 Å². The zero-order valence-corrected chi connectivity index (χ0v) is 12.6. The number of hydrogen-bond donors (Lipinski definition) is 0. The molecule has 1 aliphatic rings. The highest BCUT2D eigenvalue weighted by Gasteiger charge is 2.30. The number of benzene rings is 1. The summed E-state index contributed by atoms with van der Waals surface area (Å²) >= 11 is 0. The van der Waals surface area contributed by atoms with E-state index < -0.39 is 5.54 Å². The second-order valence-electron chi connectivity index (χ2n) is 6.00. The number of aromatic nitrogens is 1. The first kappa shape index (κ1) is 13.8. The average molecular weight is 280 g/mol. The van der Waals surface area contributed by atoms with E-state index in [1.807, 2.05) is 26.1 Å². The molecule has 1 aromatic heterocycles. The molecule has 0 spiro atoms. The van der Waals surface area contributed by atoms with Crippen molar-refractivity contribution in [3.8, 4) is 6.07 Å². The SMILES string of the molecule is CC(C)(C#N)N1CCN(c2nccc3ccccc23)CC1. The number of rotatable bonds is 2. The summed E-state index contributed by atoms with van der Waals surface area (Å²) in [6.45, 7) is 7.58. The predicted octanol–water partition coefficient (Wildman–Crippen LogP) is 2.66. The van der Waals surface area contributed by atoms with Crippen LogP contribution in [0.3, 0.4) is 0 Å². The van der Waals surface area contributed by atoms with Gasteiger partial charge in [-0.15, -0.1) is 0 Å². The minimum absolute atomic E-state index is 0.391. The first-order valence-corrected chi connectivity index (χ1v) is 7.37. The molecule has 0 N–H and O–H groups in total. The molecule has 1 aromatic carbocycles. The van der Waals surface area contributed by atoms with Gasteiger partial charge in [0.1, 0.15) is 11.4 Å². The Morgan fingerprint density at radius 2 is 1.81 bits per heavy atom. The van der Waals surface area contributed by atoms with Crippen LogP contribution in [0.15, 0.2) is 36.5 Å². The van der Waals surface area contributed by atoms with E-state index in [-0.39, 0.29) is 0 Å². The summed E-state index contributed by atoms with van der Waals surface area (Å²) < 4.78 is 0. The van der Waals surface area contributed by atoms with E-state index in [1.165, 1.54) is 10.8 Å². The summed E-state index contributed by atoms with van der Waals surface area (Å²) in [5.41, 5.74) is -0.391. The Labute approximate surface area is 125 Å². The second-order valence-corrected chi connectivity index (χ2v) is 6.00. The largest absolute Gasteiger partial charge is 0.354 e. The third-order valence-corrected chi connectivity index (χ3v) is 4.30. The van der Waals surface area contributed by atoms with E-state index in [0.717, 1.165) is 32.0 Å². The van der Waals surface area contributed by atoms with Crippen molar-refractivity contribution in [2.24, 2.45) is 0 Å². The maximum Gasteiger partial charge on any atom is 0.136 e. The van der Waals surface area contributed by atoms with Gasteiger partial charge in [-0.2, -0.15) is 5.26 Å². The highest BCUT2D eigenvalue weighted by atomic mass is 15.3. The summed E-state index contributed by atoms with van der Waals surface area (Å²) in [5.74, 6) is 1.06. The summed E-state index contributed by atoms with van der Waals surface area (Å²) in [4.78, 5) is 9.15. The fourth-order valence-corrected chi connectivity index (χ4v) is 2.90. The molecule has 108 valence electrons. The Hall–Kier alpha value is -2.12. The van der Waals surface area contributed by atoms with Crippen LogP contribution < -0.4 is 4.90 Å². The lowest BCUT2D eigenvalue weighted by molar-refractivity contribution is 0.158. The van der Waals surface area contributed by atoms with Gasteiger partial charge in [0, 0.05) is 37.8 Å². The second kappa shape index (κ2) is 5.34. The van der Waals surface area contributed by atoms with Crippen LogP contribution in [0.5, 0.6) is 0 Å². The van der Waals surface area contributed by atoms with Crippen molar-refractivity contribution < 1.29 is 0 Å². The molecule has 0 atom stereocenters. The Morgan fingerprint density at radius 1 is 1.10 bits per heavy atom. The van der Waals surface area contributed by atoms with Gasteiger partial charge in [0.15, 0.2) is 0 Å². The van der Waals surface area contributed by atoms with Crippen molar-refractivity contribution in [3.63, 3.8) is 0 Å². The van der Waals surface area contributed by atoms with Gasteiger partial charge in [0.2, 0.25) is 0 Å². The fraction of sp³-hybridized carbons (Fsp3) is 0.412. The lowest BCUT2D eigenvalue weighted by atomic mass is 10.0. The van der Waals surface area contributed by atoms with Gasteiger partial charge in [-0.05, 0) is 25.3 Å². The van der Waals surface area contributed by atoms with E-state index in [0.29, 0.717) is 0 Å². The molecule has 2 heterocycles. The van der Waals surface area contributed by atoms with Gasteiger partial charge in [0.25, 0.3) is 0 Å². The Kier molecular flexibility index (Phi) is 3.52. The van der Waals surface area contributed by atoms with Gasteiger partial charge < -0.3 is 4.90 Å². The molecule has 1 saturated heterocycles. The molecule has 1 fully saturated rings. The Morgan fingerprint density at radius 3 is 2.52 bits per heavy atom. The van der Waals surface area contributed by atoms with Crippen molar-refractivity contribution in [2.75, 3.05) is 31.1 Å². The number of fused-ring (bicyclic) bond motifs is 1. The molecule has 0 bridgehead atoms. The van der Waals surface area contributed by atoms with Crippen LogP contribution in [-0.4, -0.2) is 41.6 Å². The monoisotopic (exact) mass is 280 g/mol. The molecule has 3 rings (SSSR count). The lowest BCUT2D eigenvalue weighted by Gasteiger charge is -2.41. The predicted molar refractivity (Wildman–Crippen MR) is 85.2 cm³/mol. The smallest absolute Gasteiger partial charge is 0.136 e. The highest BCUT2D eigenvalue weighted by molar-refractivity contribution is 5.92. The molecule has 0 saturated carbocycles. The molecule has 4 heteroatoms. The zero-order valence-electron chi connectivity index (χ0n) is 12.6. The molecule has 21 heavy (non-hydrogen) atoms. The number of piperazine rings is 1. The number of nitriles is 1. The zero-order chi connectivity index (χ0) is 14.9. The molecule has 4 nitrogen and oxygen atoms in total. The number of anilines is 1. The van der Waals surface area contributed by atoms with E-state index in [9.17, 15) is 5.26 Å². The van der Waals surface area contributed by atoms with Crippen molar-refractivity contribution in [1.82, 2.24) is 9.88 Å². The van der Waals surface area contributed by atoms with Gasteiger partial charge in [-0.1, -0.05) is 24.3 Å². The van der Waals surface area contributed by atoms with Crippen LogP contribution in [-0.2, 0) is 0 Å². The van der Waals surface area contributed by atoms with Gasteiger partial charge in [0.05, 0.1) is 6.07 Å². The number of nitrogens with zero attached hydrogens (tertiary/aromatic N) is 4. The topological polar surface area (TPSA) is 43.2 Å². The van der Waals surface area contributed by atoms with Crippen LogP contribution >= 0.6 is 0 Å². The minimum atomic E-state index is -0.391. The summed E-state index contributed by atoms with van der Waals surface area (Å²) in [5, 5.41) is 11.7. The fourth-order valence-electron chi connectivity index (χ4n) is 2.90. The van der Waals surface area contributed by atoms with E-state index >= 15 is 0 Å². The molecule has 0 aliphatic carbocycles. The van der Waals surface area contributed by atoms with Gasteiger partial charge in [-0.25, -0.2) is 4.98 Å². The molecule has 2 aromatic rings. The van der Waals surface area contributed by atoms with Crippen LogP contribution in [0, 0.1) is 11.3 Å². The number of hydrogen-bond acceptors (Lipinski definition) is 4. The Balaban J connectivity index is 1.82. The molecular weight excluding hydrogens is 260 g/mol. The average Bonchev–Trinajstić information content (AvgIpc) is 2.54. The first-order chi connectivity index (χ1) is 10.1. The van der Waals surface area contributed by atoms with E-state index in [4.69, 9.17) is 0 Å². The molecule has 0 unspecified atom stereocenters. The van der Waals surface area contributed by atoms with Gasteiger partial charge >= 0.3 is 0 Å². The molecule has 1 aliphatic heterocycles. The number of pyridine rings is 1. The molecule has 0 radical (unpaired) electrons. The third-order valence-electron chi connectivity index (χ3n) is 4.30. The molecule has 0 amide bonds. The third kappa shape index (κ3) is 2.57. The van der Waals surface area contributed by atoms with Crippen LogP contribution in [0.1, 0.15) is 13.8 Å². The summed E-state index contributed by atoms with van der Waals surface area (Å²) in [6.07, 6.45) is 1.88. The van der Waals surface area contributed by atoms with Crippen LogP contribution in [0.2, 0.25) is 0 Å². The standard InChI is InChI=1S/C17H20N4/c1-17(2,13-18)21-11-9-20(10-12-21)16-15-6-4-3-5-14(15)7-8-19-16/h3-8H,9-12H2,1-2H3. The van der Waals surface area contributed by atoms with E-state index in [2.05, 4.69) is 45.1 Å². The Bertz CT molecular complexity index is 673. The maximum absolute atomic E-state index is 9.25. The lowest BCUT2D eigenvalue weighted by Crippen LogP contribution is -2.54. The van der Waals surface area contributed by atoms with Crippen LogP contribution in [0.4, 0.5) is 5.82 Å². The normalized spacial score (nSPS) is 16.9. The van der Waals surface area contributed by atoms with E-state index in [1.54, 1.807) is 0 Å². The molecular formula is C17H20N4. The minimum Gasteiger partial charge on any atom is -0.354 e. The van der Waals surface area contributed by atoms with Crippen molar-refractivity contribution in [2.45, 2.75) is 19.4 Å². The summed E-state index contributed by atoms with van der Waals surface area (Å²) in [7, 11) is 0. The quantitative estimate of drug-likeness (QED) is 0.848. The maximum atomic E-state index is 9.25.